The molecule has 0 aliphatic heterocycles. The van der Waals surface area contributed by atoms with E-state index in [4.69, 9.17) is 0 Å². The summed E-state index contributed by atoms with van der Waals surface area (Å²) in [6.07, 6.45) is 2.76. The van der Waals surface area contributed by atoms with Gasteiger partial charge in [0.15, 0.2) is 0 Å². The summed E-state index contributed by atoms with van der Waals surface area (Å²) in [6, 6.07) is 0. The van der Waals surface area contributed by atoms with Gasteiger partial charge in [0.05, 0.1) is 0 Å². The minimum absolute atomic E-state index is 0.170. The van der Waals surface area contributed by atoms with Crippen molar-refractivity contribution in [3.63, 3.8) is 0 Å². The van der Waals surface area contributed by atoms with Crippen LogP contribution in [0.2, 0.25) is 0 Å². The Bertz CT molecular complexity index is 223. The van der Waals surface area contributed by atoms with Crippen molar-refractivity contribution in [1.82, 2.24) is 0 Å². The summed E-state index contributed by atoms with van der Waals surface area (Å²) in [6.45, 7) is 10.3. The first kappa shape index (κ1) is 14.6. The van der Waals surface area contributed by atoms with E-state index in [9.17, 15) is 10.1 Å². The molecule has 0 N–H and O–H groups in total. The molecular formula is C9H21INO2P. The number of nitrogens with zero attached hydrogens (tertiary/aromatic N) is 1. The first-order valence-electron chi connectivity index (χ1n) is 4.77. The van der Waals surface area contributed by atoms with Crippen molar-refractivity contribution in [3.8, 4) is 0 Å². The molecule has 0 aliphatic rings. The van der Waals surface area contributed by atoms with Gasteiger partial charge in [0.1, 0.15) is 0 Å². The van der Waals surface area contributed by atoms with E-state index in [1.165, 1.54) is 0 Å². The van der Waals surface area contributed by atoms with Gasteiger partial charge in [0, 0.05) is 0 Å². The van der Waals surface area contributed by atoms with Gasteiger partial charge in [0.25, 0.3) is 0 Å². The summed E-state index contributed by atoms with van der Waals surface area (Å²) in [4.78, 5) is 10.5. The average molecular weight is 333 g/mol. The molecule has 0 saturated carbocycles. The van der Waals surface area contributed by atoms with Crippen LogP contribution in [0.3, 0.4) is 0 Å². The van der Waals surface area contributed by atoms with Crippen LogP contribution in [0.15, 0.2) is 0 Å². The fourth-order valence-corrected chi connectivity index (χ4v) is 3.39. The second-order valence-corrected chi connectivity index (χ2v) is 22.8. The van der Waals surface area contributed by atoms with Gasteiger partial charge in [-0.2, -0.15) is 0 Å². The zero-order chi connectivity index (χ0) is 11.6. The quantitative estimate of drug-likeness (QED) is 0.334. The number of hydrogen-bond donors (Lipinski definition) is 0. The average Bonchev–Trinajstić information content (AvgIpc) is 1.80. The van der Waals surface area contributed by atoms with Crippen LogP contribution in [0, 0.1) is 10.1 Å². The molecule has 0 heterocycles. The predicted octanol–water partition coefficient (Wildman–Crippen LogP) is 3.61. The van der Waals surface area contributed by atoms with Crippen LogP contribution in [0.5, 0.6) is 0 Å². The van der Waals surface area contributed by atoms with Crippen LogP contribution < -0.4 is 0 Å². The third kappa shape index (κ3) is 6.93. The zero-order valence-electron chi connectivity index (χ0n) is 9.71. The van der Waals surface area contributed by atoms with Crippen LogP contribution in [0.1, 0.15) is 26.7 Å². The van der Waals surface area contributed by atoms with Gasteiger partial charge in [-0.15, -0.1) is 0 Å². The third-order valence-corrected chi connectivity index (χ3v) is 5.47. The van der Waals surface area contributed by atoms with E-state index < -0.39 is 9.78 Å². The Kier molecular flexibility index (Phi) is 4.37. The third-order valence-electron chi connectivity index (χ3n) is 2.20. The molecule has 14 heavy (non-hydrogen) atoms. The molecular weight excluding hydrogens is 312 g/mol. The Morgan fingerprint density at radius 2 is 1.79 bits per heavy atom. The molecule has 0 aliphatic carbocycles. The van der Waals surface area contributed by atoms with E-state index in [0.717, 1.165) is 12.6 Å². The normalized spacial score (nSPS) is 16.0. The fourth-order valence-electron chi connectivity index (χ4n) is 1.14. The number of hydrogen-bond acceptors (Lipinski definition) is 2. The van der Waals surface area contributed by atoms with Crippen LogP contribution in [-0.2, 0) is 0 Å². The predicted molar refractivity (Wildman–Crippen MR) is 73.9 cm³/mol. The second kappa shape index (κ2) is 4.20. The van der Waals surface area contributed by atoms with Crippen LogP contribution in [0.4, 0.5) is 0 Å². The van der Waals surface area contributed by atoms with Gasteiger partial charge in [-0.25, -0.2) is 0 Å². The van der Waals surface area contributed by atoms with E-state index in [0.29, 0.717) is 6.42 Å². The summed E-state index contributed by atoms with van der Waals surface area (Å²) in [5.74, 6) is 0. The SMILES string of the molecule is CC(C)(CCCP(C)(C)(C)I)[N+](=O)[O-]. The van der Waals surface area contributed by atoms with Gasteiger partial charge in [-0.1, -0.05) is 0 Å². The van der Waals surface area contributed by atoms with Crippen molar-refractivity contribution >= 4 is 26.3 Å². The molecule has 0 radical (unpaired) electrons. The standard InChI is InChI=1S/C9H21INO2P/c1-9(2,11(12)13)7-6-8-14(3,4,5)10/h6-8H2,1-5H3. The molecule has 5 heteroatoms. The molecule has 0 aromatic rings. The molecule has 0 fully saturated rings. The molecule has 0 unspecified atom stereocenters. The molecule has 0 bridgehead atoms. The maximum absolute atomic E-state index is 10.7. The molecule has 0 rings (SSSR count). The Balaban J connectivity index is 4.05. The molecule has 86 valence electrons. The zero-order valence-corrected chi connectivity index (χ0v) is 12.8. The van der Waals surface area contributed by atoms with E-state index in [1.54, 1.807) is 13.8 Å². The van der Waals surface area contributed by atoms with Crippen LogP contribution in [-0.4, -0.2) is 36.6 Å². The summed E-state index contributed by atoms with van der Waals surface area (Å²) in [5, 5.41) is 10.7. The van der Waals surface area contributed by atoms with E-state index in [-0.39, 0.29) is 4.92 Å². The molecule has 0 aromatic heterocycles. The Hall–Kier alpha value is 0.560. The Morgan fingerprint density at radius 3 is 2.07 bits per heavy atom. The fraction of sp³-hybridized carbons (Fsp3) is 1.00. The Labute approximate surface area is 99.6 Å². The second-order valence-electron chi connectivity index (χ2n) is 5.81. The minimum atomic E-state index is -1.50. The first-order valence-corrected chi connectivity index (χ1v) is 11.3. The molecule has 0 saturated heterocycles. The van der Waals surface area contributed by atoms with Gasteiger partial charge in [-0.3, -0.25) is 0 Å². The first-order chi connectivity index (χ1) is 5.90. The van der Waals surface area contributed by atoms with E-state index >= 15 is 0 Å². The van der Waals surface area contributed by atoms with Crippen molar-refractivity contribution in [2.45, 2.75) is 32.2 Å². The molecule has 0 amide bonds. The summed E-state index contributed by atoms with van der Waals surface area (Å²) < 4.78 is -1.50. The van der Waals surface area contributed by atoms with Gasteiger partial charge in [0.2, 0.25) is 0 Å². The van der Waals surface area contributed by atoms with Crippen molar-refractivity contribution < 1.29 is 4.92 Å². The van der Waals surface area contributed by atoms with Gasteiger partial charge in [-0.05, 0) is 0 Å². The van der Waals surface area contributed by atoms with Crippen molar-refractivity contribution in [2.75, 3.05) is 26.2 Å². The van der Waals surface area contributed by atoms with Gasteiger partial charge < -0.3 is 0 Å². The van der Waals surface area contributed by atoms with Crippen LogP contribution >= 0.6 is 26.3 Å². The number of rotatable bonds is 5. The van der Waals surface area contributed by atoms with Crippen molar-refractivity contribution in [1.29, 1.82) is 0 Å². The topological polar surface area (TPSA) is 43.1 Å². The molecule has 0 spiro atoms. The molecule has 0 aromatic carbocycles. The molecule has 3 nitrogen and oxygen atoms in total. The maximum atomic E-state index is 10.7. The Morgan fingerprint density at radius 1 is 1.36 bits per heavy atom. The molecule has 0 atom stereocenters. The van der Waals surface area contributed by atoms with Crippen molar-refractivity contribution in [2.24, 2.45) is 0 Å². The van der Waals surface area contributed by atoms with E-state index in [1.807, 2.05) is 0 Å². The summed E-state index contributed by atoms with van der Waals surface area (Å²) >= 11 is 2.54. The summed E-state index contributed by atoms with van der Waals surface area (Å²) in [5.41, 5.74) is -0.759. The van der Waals surface area contributed by atoms with Crippen LogP contribution in [0.25, 0.3) is 0 Å². The van der Waals surface area contributed by atoms with E-state index in [2.05, 4.69) is 42.0 Å². The van der Waals surface area contributed by atoms with Gasteiger partial charge >= 0.3 is 99.7 Å². The number of halogens is 1. The van der Waals surface area contributed by atoms with Crippen molar-refractivity contribution in [3.05, 3.63) is 10.1 Å². The number of nitro groups is 1. The monoisotopic (exact) mass is 333 g/mol. The summed E-state index contributed by atoms with van der Waals surface area (Å²) in [7, 11) is 0.